The van der Waals surface area contributed by atoms with Crippen LogP contribution in [-0.2, 0) is 0 Å². The fourth-order valence-corrected chi connectivity index (χ4v) is 3.56. The zero-order valence-corrected chi connectivity index (χ0v) is 14.0. The third-order valence-electron chi connectivity index (χ3n) is 3.68. The second kappa shape index (κ2) is 6.37. The summed E-state index contributed by atoms with van der Waals surface area (Å²) in [6.07, 6.45) is 7.62. The summed E-state index contributed by atoms with van der Waals surface area (Å²) in [5.41, 5.74) is 2.25. The predicted molar refractivity (Wildman–Crippen MR) is 93.4 cm³/mol. The van der Waals surface area contributed by atoms with Crippen LogP contribution < -0.4 is 0 Å². The number of fused-ring (bicyclic) bond motifs is 1. The molecule has 0 saturated carbocycles. The normalized spacial score (nSPS) is 14.6. The number of benzene rings is 1. The average Bonchev–Trinajstić information content (AvgIpc) is 3.00. The van der Waals surface area contributed by atoms with Gasteiger partial charge in [-0.2, -0.15) is 5.10 Å². The highest BCUT2D eigenvalue weighted by molar-refractivity contribution is 7.99. The summed E-state index contributed by atoms with van der Waals surface area (Å²) in [6, 6.07) is 6.55. The van der Waals surface area contributed by atoms with Gasteiger partial charge in [0.15, 0.2) is 10.8 Å². The molecule has 0 fully saturated rings. The number of aromatic amines is 1. The van der Waals surface area contributed by atoms with E-state index in [-0.39, 0.29) is 5.82 Å². The van der Waals surface area contributed by atoms with Crippen molar-refractivity contribution in [1.29, 1.82) is 0 Å². The van der Waals surface area contributed by atoms with Gasteiger partial charge in [0.05, 0.1) is 10.3 Å². The Labute approximate surface area is 146 Å². The van der Waals surface area contributed by atoms with E-state index in [0.717, 1.165) is 29.5 Å². The Balaban J connectivity index is 1.70. The van der Waals surface area contributed by atoms with Gasteiger partial charge >= 0.3 is 0 Å². The van der Waals surface area contributed by atoms with E-state index < -0.39 is 0 Å². The van der Waals surface area contributed by atoms with Gasteiger partial charge in [-0.25, -0.2) is 14.4 Å². The van der Waals surface area contributed by atoms with Crippen LogP contribution in [0.1, 0.15) is 18.5 Å². The fourth-order valence-electron chi connectivity index (χ4n) is 2.53. The standard InChI is InChI=1S/C17H12ClFN4S/c18-12-6-2-1-5-10(12)15-11-9-20-17(21-16(11)23-22-15)24-14-8-4-3-7-13(14)19/h3-9H,1-2H2,(H,20,21,22,23). The third kappa shape index (κ3) is 2.83. The molecule has 24 heavy (non-hydrogen) atoms. The van der Waals surface area contributed by atoms with Gasteiger partial charge in [-0.05, 0) is 36.7 Å². The minimum Gasteiger partial charge on any atom is -0.260 e. The first-order valence-electron chi connectivity index (χ1n) is 7.42. The van der Waals surface area contributed by atoms with Gasteiger partial charge in [-0.15, -0.1) is 0 Å². The first-order valence-corrected chi connectivity index (χ1v) is 8.62. The summed E-state index contributed by atoms with van der Waals surface area (Å²) in [4.78, 5) is 9.24. The lowest BCUT2D eigenvalue weighted by Gasteiger charge is -2.08. The Kier molecular flexibility index (Phi) is 4.08. The van der Waals surface area contributed by atoms with Crippen LogP contribution >= 0.6 is 23.4 Å². The quantitative estimate of drug-likeness (QED) is 0.673. The van der Waals surface area contributed by atoms with Gasteiger partial charge in [0.2, 0.25) is 0 Å². The molecule has 1 aromatic carbocycles. The predicted octanol–water partition coefficient (Wildman–Crippen LogP) is 4.94. The highest BCUT2D eigenvalue weighted by Crippen LogP contribution is 2.34. The molecule has 0 saturated heterocycles. The smallest absolute Gasteiger partial charge is 0.194 e. The summed E-state index contributed by atoms with van der Waals surface area (Å²) in [6.45, 7) is 0. The molecule has 4 nitrogen and oxygen atoms in total. The highest BCUT2D eigenvalue weighted by atomic mass is 35.5. The van der Waals surface area contributed by atoms with Crippen molar-refractivity contribution < 1.29 is 4.39 Å². The van der Waals surface area contributed by atoms with Crippen molar-refractivity contribution in [3.63, 3.8) is 0 Å². The maximum atomic E-state index is 13.8. The van der Waals surface area contributed by atoms with Crippen LogP contribution in [0, 0.1) is 5.82 Å². The van der Waals surface area contributed by atoms with Gasteiger partial charge in [0, 0.05) is 16.8 Å². The van der Waals surface area contributed by atoms with E-state index >= 15 is 0 Å². The summed E-state index contributed by atoms with van der Waals surface area (Å²) >= 11 is 7.46. The molecule has 7 heteroatoms. The molecule has 0 aliphatic heterocycles. The first kappa shape index (κ1) is 15.4. The zero-order valence-electron chi connectivity index (χ0n) is 12.5. The number of nitrogens with one attached hydrogen (secondary N) is 1. The third-order valence-corrected chi connectivity index (χ3v) is 4.97. The molecule has 0 bridgehead atoms. The Hall–Kier alpha value is -2.18. The fraction of sp³-hybridized carbons (Fsp3) is 0.118. The van der Waals surface area contributed by atoms with E-state index in [4.69, 9.17) is 11.6 Å². The monoisotopic (exact) mass is 358 g/mol. The number of H-pyrrole nitrogens is 1. The zero-order chi connectivity index (χ0) is 16.5. The van der Waals surface area contributed by atoms with E-state index in [1.54, 1.807) is 24.4 Å². The molecular formula is C17H12ClFN4S. The number of halogens is 2. The lowest BCUT2D eigenvalue weighted by molar-refractivity contribution is 0.601. The first-order chi connectivity index (χ1) is 11.7. The van der Waals surface area contributed by atoms with Crippen molar-refractivity contribution in [2.24, 2.45) is 0 Å². The van der Waals surface area contributed by atoms with Gasteiger partial charge in [-0.3, -0.25) is 5.10 Å². The molecule has 0 spiro atoms. The van der Waals surface area contributed by atoms with Gasteiger partial charge in [-0.1, -0.05) is 35.9 Å². The van der Waals surface area contributed by atoms with Crippen molar-refractivity contribution in [2.75, 3.05) is 0 Å². The topological polar surface area (TPSA) is 54.5 Å². The maximum Gasteiger partial charge on any atom is 0.194 e. The van der Waals surface area contributed by atoms with Crippen molar-refractivity contribution in [2.45, 2.75) is 22.9 Å². The number of hydrogen-bond donors (Lipinski definition) is 1. The summed E-state index contributed by atoms with van der Waals surface area (Å²) in [5.74, 6) is -0.291. The minimum absolute atomic E-state index is 0.291. The summed E-state index contributed by atoms with van der Waals surface area (Å²) in [5, 5.41) is 9.20. The molecule has 4 rings (SSSR count). The Morgan fingerprint density at radius 3 is 2.83 bits per heavy atom. The van der Waals surface area contributed by atoms with Crippen LogP contribution in [0.3, 0.4) is 0 Å². The number of nitrogens with zero attached hydrogens (tertiary/aromatic N) is 3. The van der Waals surface area contributed by atoms with Gasteiger partial charge in [0.1, 0.15) is 11.5 Å². The summed E-state index contributed by atoms with van der Waals surface area (Å²) in [7, 11) is 0. The van der Waals surface area contributed by atoms with Gasteiger partial charge in [0.25, 0.3) is 0 Å². The van der Waals surface area contributed by atoms with E-state index in [1.807, 2.05) is 6.08 Å². The molecule has 0 atom stereocenters. The molecular weight excluding hydrogens is 347 g/mol. The second-order valence-electron chi connectivity index (χ2n) is 5.27. The highest BCUT2D eigenvalue weighted by Gasteiger charge is 2.17. The number of aromatic nitrogens is 4. The SMILES string of the molecule is Fc1ccccc1Sc1ncc2c(C3=CCCC=C3Cl)n[nH]c2n1. The van der Waals surface area contributed by atoms with Crippen LogP contribution in [0.2, 0.25) is 0 Å². The summed E-state index contributed by atoms with van der Waals surface area (Å²) < 4.78 is 13.8. The number of hydrogen-bond acceptors (Lipinski definition) is 4. The Morgan fingerprint density at radius 2 is 2.00 bits per heavy atom. The van der Waals surface area contributed by atoms with E-state index in [1.165, 1.54) is 17.8 Å². The lowest BCUT2D eigenvalue weighted by Crippen LogP contribution is -1.92. The maximum absolute atomic E-state index is 13.8. The Bertz CT molecular complexity index is 980. The largest absolute Gasteiger partial charge is 0.260 e. The van der Waals surface area contributed by atoms with Crippen molar-refractivity contribution in [3.05, 3.63) is 59.2 Å². The molecule has 2 heterocycles. The molecule has 0 unspecified atom stereocenters. The van der Waals surface area contributed by atoms with E-state index in [2.05, 4.69) is 26.2 Å². The molecule has 2 aromatic heterocycles. The molecule has 1 N–H and O–H groups in total. The molecule has 3 aromatic rings. The van der Waals surface area contributed by atoms with Crippen LogP contribution in [0.5, 0.6) is 0 Å². The van der Waals surface area contributed by atoms with Crippen LogP contribution in [0.4, 0.5) is 4.39 Å². The van der Waals surface area contributed by atoms with Crippen molar-refractivity contribution >= 4 is 40.0 Å². The van der Waals surface area contributed by atoms with E-state index in [0.29, 0.717) is 20.7 Å². The van der Waals surface area contributed by atoms with Crippen molar-refractivity contribution in [3.8, 4) is 0 Å². The molecule has 0 radical (unpaired) electrons. The Morgan fingerprint density at radius 1 is 1.17 bits per heavy atom. The number of rotatable bonds is 3. The second-order valence-corrected chi connectivity index (χ2v) is 6.68. The van der Waals surface area contributed by atoms with Crippen LogP contribution in [-0.4, -0.2) is 20.2 Å². The molecule has 0 amide bonds. The van der Waals surface area contributed by atoms with Crippen molar-refractivity contribution in [1.82, 2.24) is 20.2 Å². The van der Waals surface area contributed by atoms with E-state index in [9.17, 15) is 4.39 Å². The minimum atomic E-state index is -0.291. The van der Waals surface area contributed by atoms with Gasteiger partial charge < -0.3 is 0 Å². The van der Waals surface area contributed by atoms with Crippen LogP contribution in [0.25, 0.3) is 16.6 Å². The molecule has 1 aliphatic carbocycles. The molecule has 1 aliphatic rings. The molecule has 120 valence electrons. The lowest BCUT2D eigenvalue weighted by atomic mass is 10.0. The number of allylic oxidation sites excluding steroid dienone is 4. The van der Waals surface area contributed by atoms with Crippen LogP contribution in [0.15, 0.2) is 57.7 Å². The average molecular weight is 359 g/mol.